The molecule has 6 heteroatoms. The lowest BCUT2D eigenvalue weighted by Crippen LogP contribution is -1.97. The number of aromatic nitrogens is 1. The van der Waals surface area contributed by atoms with E-state index in [1.54, 1.807) is 17.8 Å². The van der Waals surface area contributed by atoms with Crippen LogP contribution in [0.25, 0.3) is 0 Å². The second-order valence-electron chi connectivity index (χ2n) is 3.74. The van der Waals surface area contributed by atoms with Crippen molar-refractivity contribution in [1.82, 2.24) is 4.98 Å². The van der Waals surface area contributed by atoms with Crippen molar-refractivity contribution in [1.29, 1.82) is 0 Å². The Hall–Kier alpha value is -1.56. The largest absolute Gasteiger partial charge is 0.481 e. The number of pyridine rings is 1. The van der Waals surface area contributed by atoms with Gasteiger partial charge in [0, 0.05) is 12.6 Å². The van der Waals surface area contributed by atoms with Gasteiger partial charge in [-0.2, -0.15) is 0 Å². The smallest absolute Gasteiger partial charge is 0.337 e. The third-order valence-electron chi connectivity index (χ3n) is 2.27. The maximum absolute atomic E-state index is 10.6. The van der Waals surface area contributed by atoms with Gasteiger partial charge in [0.1, 0.15) is 0 Å². The summed E-state index contributed by atoms with van der Waals surface area (Å²) in [6.07, 6.45) is 4.07. The molecule has 0 unspecified atom stereocenters. The van der Waals surface area contributed by atoms with Crippen LogP contribution in [-0.2, 0) is 4.79 Å². The first-order valence-corrected chi connectivity index (χ1v) is 6.62. The van der Waals surface area contributed by atoms with E-state index in [1.165, 1.54) is 12.3 Å². The summed E-state index contributed by atoms with van der Waals surface area (Å²) in [6, 6.07) is 3.22. The predicted molar refractivity (Wildman–Crippen MR) is 68.0 cm³/mol. The molecule has 0 aliphatic rings. The predicted octanol–water partition coefficient (Wildman–Crippen LogP) is 2.52. The molecule has 1 heterocycles. The van der Waals surface area contributed by atoms with Crippen molar-refractivity contribution in [3.05, 3.63) is 23.9 Å². The molecule has 0 aliphatic heterocycles. The zero-order chi connectivity index (χ0) is 13.4. The highest BCUT2D eigenvalue weighted by atomic mass is 32.2. The SMILES string of the molecule is O=C(O)CCCCCSc1ccc(C(=O)O)cn1. The van der Waals surface area contributed by atoms with Crippen molar-refractivity contribution >= 4 is 23.7 Å². The number of rotatable bonds is 8. The summed E-state index contributed by atoms with van der Waals surface area (Å²) in [5, 5.41) is 17.9. The molecule has 2 N–H and O–H groups in total. The van der Waals surface area contributed by atoms with Crippen LogP contribution in [0.2, 0.25) is 0 Å². The molecule has 0 spiro atoms. The van der Waals surface area contributed by atoms with Crippen LogP contribution in [0.15, 0.2) is 23.4 Å². The molecule has 0 saturated carbocycles. The van der Waals surface area contributed by atoms with E-state index in [0.717, 1.165) is 23.6 Å². The van der Waals surface area contributed by atoms with Gasteiger partial charge in [-0.25, -0.2) is 9.78 Å². The first kappa shape index (κ1) is 14.5. The number of carboxylic acid groups (broad SMARTS) is 2. The molecular weight excluding hydrogens is 254 g/mol. The van der Waals surface area contributed by atoms with Crippen LogP contribution < -0.4 is 0 Å². The highest BCUT2D eigenvalue weighted by molar-refractivity contribution is 7.99. The number of unbranched alkanes of at least 4 members (excludes halogenated alkanes) is 2. The minimum atomic E-state index is -0.979. The molecular formula is C12H15NO4S. The minimum Gasteiger partial charge on any atom is -0.481 e. The standard InChI is InChI=1S/C12H15NO4S/c14-11(15)4-2-1-3-7-18-10-6-5-9(8-13-10)12(16)17/h5-6,8H,1-4,7H2,(H,14,15)(H,16,17). The van der Waals surface area contributed by atoms with Gasteiger partial charge in [-0.15, -0.1) is 11.8 Å². The van der Waals surface area contributed by atoms with Gasteiger partial charge in [-0.05, 0) is 30.7 Å². The van der Waals surface area contributed by atoms with E-state index in [2.05, 4.69) is 4.98 Å². The van der Waals surface area contributed by atoms with Gasteiger partial charge in [0.05, 0.1) is 10.6 Å². The third kappa shape index (κ3) is 5.67. The Morgan fingerprint density at radius 1 is 1.17 bits per heavy atom. The van der Waals surface area contributed by atoms with Crippen LogP contribution in [0.5, 0.6) is 0 Å². The van der Waals surface area contributed by atoms with Gasteiger partial charge >= 0.3 is 11.9 Å². The Labute approximate surface area is 109 Å². The summed E-state index contributed by atoms with van der Waals surface area (Å²) in [4.78, 5) is 24.9. The number of aliphatic carboxylic acids is 1. The maximum Gasteiger partial charge on any atom is 0.337 e. The zero-order valence-electron chi connectivity index (χ0n) is 9.83. The Morgan fingerprint density at radius 2 is 1.94 bits per heavy atom. The summed E-state index contributed by atoms with van der Waals surface area (Å²) < 4.78 is 0. The number of aromatic carboxylic acids is 1. The van der Waals surface area contributed by atoms with E-state index in [-0.39, 0.29) is 12.0 Å². The molecule has 98 valence electrons. The first-order chi connectivity index (χ1) is 8.59. The van der Waals surface area contributed by atoms with Crippen LogP contribution in [-0.4, -0.2) is 32.9 Å². The van der Waals surface area contributed by atoms with Crippen molar-refractivity contribution in [3.8, 4) is 0 Å². The van der Waals surface area contributed by atoms with Crippen LogP contribution in [0.3, 0.4) is 0 Å². The van der Waals surface area contributed by atoms with Crippen molar-refractivity contribution in [3.63, 3.8) is 0 Å². The maximum atomic E-state index is 10.6. The van der Waals surface area contributed by atoms with E-state index < -0.39 is 11.9 Å². The molecule has 0 saturated heterocycles. The molecule has 1 aromatic heterocycles. The number of hydrogen-bond donors (Lipinski definition) is 2. The fourth-order valence-electron chi connectivity index (χ4n) is 1.32. The van der Waals surface area contributed by atoms with Gasteiger partial charge < -0.3 is 10.2 Å². The normalized spacial score (nSPS) is 10.2. The highest BCUT2D eigenvalue weighted by Crippen LogP contribution is 2.17. The Morgan fingerprint density at radius 3 is 2.50 bits per heavy atom. The number of carbonyl (C=O) groups is 2. The fraction of sp³-hybridized carbons (Fsp3) is 0.417. The Balaban J connectivity index is 2.19. The summed E-state index contributed by atoms with van der Waals surface area (Å²) in [6.45, 7) is 0. The molecule has 0 atom stereocenters. The monoisotopic (exact) mass is 269 g/mol. The van der Waals surface area contributed by atoms with Crippen LogP contribution in [0.1, 0.15) is 36.0 Å². The molecule has 0 aromatic carbocycles. The second kappa shape index (κ2) is 7.71. The van der Waals surface area contributed by atoms with Crippen LogP contribution in [0.4, 0.5) is 0 Å². The third-order valence-corrected chi connectivity index (χ3v) is 3.30. The molecule has 0 amide bonds. The van der Waals surface area contributed by atoms with E-state index in [9.17, 15) is 9.59 Å². The molecule has 1 aromatic rings. The molecule has 0 aliphatic carbocycles. The lowest BCUT2D eigenvalue weighted by molar-refractivity contribution is -0.137. The van der Waals surface area contributed by atoms with Crippen molar-refractivity contribution in [2.45, 2.75) is 30.7 Å². The van der Waals surface area contributed by atoms with Gasteiger partial charge in [0.15, 0.2) is 0 Å². The lowest BCUT2D eigenvalue weighted by Gasteiger charge is -2.01. The van der Waals surface area contributed by atoms with Gasteiger partial charge in [-0.1, -0.05) is 6.42 Å². The quantitative estimate of drug-likeness (QED) is 0.557. The summed E-state index contributed by atoms with van der Waals surface area (Å²) in [7, 11) is 0. The van der Waals surface area contributed by atoms with Gasteiger partial charge in [-0.3, -0.25) is 4.79 Å². The minimum absolute atomic E-state index is 0.181. The first-order valence-electron chi connectivity index (χ1n) is 5.63. The van der Waals surface area contributed by atoms with Crippen molar-refractivity contribution in [2.24, 2.45) is 0 Å². The Bertz CT molecular complexity index is 405. The van der Waals surface area contributed by atoms with Crippen molar-refractivity contribution < 1.29 is 19.8 Å². The molecule has 0 bridgehead atoms. The molecule has 1 rings (SSSR count). The molecule has 0 fully saturated rings. The van der Waals surface area contributed by atoms with Gasteiger partial charge in [0.25, 0.3) is 0 Å². The van der Waals surface area contributed by atoms with E-state index in [4.69, 9.17) is 10.2 Å². The zero-order valence-corrected chi connectivity index (χ0v) is 10.7. The number of thioether (sulfide) groups is 1. The van der Waals surface area contributed by atoms with Crippen LogP contribution >= 0.6 is 11.8 Å². The highest BCUT2D eigenvalue weighted by Gasteiger charge is 2.03. The number of carboxylic acids is 2. The van der Waals surface area contributed by atoms with Gasteiger partial charge in [0.2, 0.25) is 0 Å². The average Bonchev–Trinajstić information content (AvgIpc) is 2.34. The molecule has 0 radical (unpaired) electrons. The van der Waals surface area contributed by atoms with Crippen molar-refractivity contribution in [2.75, 3.05) is 5.75 Å². The molecule has 18 heavy (non-hydrogen) atoms. The molecule has 5 nitrogen and oxygen atoms in total. The van der Waals surface area contributed by atoms with Crippen LogP contribution in [0, 0.1) is 0 Å². The fourth-order valence-corrected chi connectivity index (χ4v) is 2.17. The average molecular weight is 269 g/mol. The van der Waals surface area contributed by atoms with E-state index in [1.807, 2.05) is 0 Å². The topological polar surface area (TPSA) is 87.5 Å². The van der Waals surface area contributed by atoms with E-state index >= 15 is 0 Å². The number of nitrogens with zero attached hydrogens (tertiary/aromatic N) is 1. The second-order valence-corrected chi connectivity index (χ2v) is 4.86. The lowest BCUT2D eigenvalue weighted by atomic mass is 10.2. The van der Waals surface area contributed by atoms with E-state index in [0.29, 0.717) is 6.42 Å². The summed E-state index contributed by atoms with van der Waals surface area (Å²) in [5.41, 5.74) is 0.181. The number of hydrogen-bond acceptors (Lipinski definition) is 4. The summed E-state index contributed by atoms with van der Waals surface area (Å²) >= 11 is 1.55. The Kier molecular flexibility index (Phi) is 6.21. The summed E-state index contributed by atoms with van der Waals surface area (Å²) in [5.74, 6) is -0.875.